The molecular formula is C29H29N7O. The maximum atomic E-state index is 13.9. The molecule has 0 bridgehead atoms. The Morgan fingerprint density at radius 1 is 1.05 bits per heavy atom. The molecule has 6 rings (SSSR count). The van der Waals surface area contributed by atoms with Crippen molar-refractivity contribution in [2.24, 2.45) is 0 Å². The van der Waals surface area contributed by atoms with Gasteiger partial charge in [-0.1, -0.05) is 19.1 Å². The second-order valence-corrected chi connectivity index (χ2v) is 9.73. The summed E-state index contributed by atoms with van der Waals surface area (Å²) in [4.78, 5) is 28.7. The lowest BCUT2D eigenvalue weighted by molar-refractivity contribution is 0.0988. The van der Waals surface area contributed by atoms with Gasteiger partial charge in [-0.15, -0.1) is 0 Å². The standard InChI is InChI=1S/C29H29N7O/c1-4-26-25(19-32-36(26)23-7-5-22(30-2)6-8-23)29(37)35-12-10-21-17-20-9-11-31-28(24(20)18-27(21)35)34-15-13-33(3)14-16-34/h5-9,11,17-19H,4,10,12-16H2,1,3H3. The Bertz CT molecular complexity index is 1520. The van der Waals surface area contributed by atoms with Crippen LogP contribution >= 0.6 is 0 Å². The van der Waals surface area contributed by atoms with E-state index in [9.17, 15) is 4.79 Å². The van der Waals surface area contributed by atoms with E-state index in [1.54, 1.807) is 18.3 Å². The summed E-state index contributed by atoms with van der Waals surface area (Å²) >= 11 is 0. The molecule has 186 valence electrons. The van der Waals surface area contributed by atoms with Gasteiger partial charge in [-0.05, 0) is 61.2 Å². The first-order chi connectivity index (χ1) is 18.1. The molecule has 8 heteroatoms. The molecule has 4 heterocycles. The van der Waals surface area contributed by atoms with Crippen LogP contribution in [0.5, 0.6) is 0 Å². The van der Waals surface area contributed by atoms with Crippen molar-refractivity contribution in [2.45, 2.75) is 19.8 Å². The average molecular weight is 492 g/mol. The Labute approximate surface area is 216 Å². The summed E-state index contributed by atoms with van der Waals surface area (Å²) in [6, 6.07) is 13.8. The zero-order chi connectivity index (χ0) is 25.5. The van der Waals surface area contributed by atoms with E-state index < -0.39 is 0 Å². The van der Waals surface area contributed by atoms with E-state index in [1.807, 2.05) is 34.8 Å². The van der Waals surface area contributed by atoms with E-state index in [4.69, 9.17) is 11.6 Å². The molecule has 2 aromatic carbocycles. The maximum absolute atomic E-state index is 13.9. The number of pyridine rings is 1. The van der Waals surface area contributed by atoms with Crippen LogP contribution in [0.15, 0.2) is 54.9 Å². The zero-order valence-electron chi connectivity index (χ0n) is 21.2. The van der Waals surface area contributed by atoms with Gasteiger partial charge >= 0.3 is 0 Å². The molecule has 2 aliphatic rings. The molecule has 2 aromatic heterocycles. The van der Waals surface area contributed by atoms with Crippen molar-refractivity contribution in [3.63, 3.8) is 0 Å². The monoisotopic (exact) mass is 491 g/mol. The second kappa shape index (κ2) is 9.34. The molecule has 1 fully saturated rings. The predicted octanol–water partition coefficient (Wildman–Crippen LogP) is 4.49. The van der Waals surface area contributed by atoms with Gasteiger partial charge in [-0.2, -0.15) is 5.10 Å². The smallest absolute Gasteiger partial charge is 0.261 e. The minimum absolute atomic E-state index is 0.0241. The Kier molecular flexibility index (Phi) is 5.85. The van der Waals surface area contributed by atoms with Crippen LogP contribution in [-0.2, 0) is 12.8 Å². The van der Waals surface area contributed by atoms with Gasteiger partial charge in [0.1, 0.15) is 5.82 Å². The number of anilines is 2. The molecule has 0 spiro atoms. The first-order valence-corrected chi connectivity index (χ1v) is 12.8. The number of piperazine rings is 1. The quantitative estimate of drug-likeness (QED) is 0.394. The van der Waals surface area contributed by atoms with Crippen LogP contribution in [0.4, 0.5) is 17.2 Å². The number of nitrogens with zero attached hydrogens (tertiary/aromatic N) is 7. The minimum atomic E-state index is -0.0241. The van der Waals surface area contributed by atoms with Gasteiger partial charge in [0.25, 0.3) is 5.91 Å². The number of amides is 1. The molecule has 0 radical (unpaired) electrons. The average Bonchev–Trinajstić information content (AvgIpc) is 3.56. The van der Waals surface area contributed by atoms with Crippen LogP contribution in [0, 0.1) is 6.57 Å². The van der Waals surface area contributed by atoms with Gasteiger partial charge in [0.2, 0.25) is 0 Å². The highest BCUT2D eigenvalue weighted by Gasteiger charge is 2.30. The number of benzene rings is 2. The summed E-state index contributed by atoms with van der Waals surface area (Å²) < 4.78 is 1.81. The molecule has 0 aliphatic carbocycles. The van der Waals surface area contributed by atoms with Gasteiger partial charge < -0.3 is 14.7 Å². The number of carbonyl (C=O) groups excluding carboxylic acids is 1. The lowest BCUT2D eigenvalue weighted by Crippen LogP contribution is -2.44. The summed E-state index contributed by atoms with van der Waals surface area (Å²) in [5.41, 5.74) is 5.08. The third kappa shape index (κ3) is 4.02. The van der Waals surface area contributed by atoms with Crippen LogP contribution in [0.3, 0.4) is 0 Å². The normalized spacial score (nSPS) is 15.7. The van der Waals surface area contributed by atoms with Gasteiger partial charge in [-0.25, -0.2) is 14.5 Å². The molecule has 4 aromatic rings. The van der Waals surface area contributed by atoms with E-state index in [0.29, 0.717) is 24.2 Å². The van der Waals surface area contributed by atoms with E-state index in [0.717, 1.165) is 60.9 Å². The number of hydrogen-bond acceptors (Lipinski definition) is 5. The number of carbonyl (C=O) groups is 1. The molecule has 2 aliphatic heterocycles. The lowest BCUT2D eigenvalue weighted by Gasteiger charge is -2.34. The van der Waals surface area contributed by atoms with Crippen LogP contribution in [-0.4, -0.2) is 65.3 Å². The molecule has 1 amide bonds. The molecule has 37 heavy (non-hydrogen) atoms. The largest absolute Gasteiger partial charge is 0.354 e. The van der Waals surface area contributed by atoms with Gasteiger partial charge in [0.15, 0.2) is 5.69 Å². The molecule has 0 saturated carbocycles. The van der Waals surface area contributed by atoms with Crippen molar-refractivity contribution in [3.05, 3.63) is 83.1 Å². The highest BCUT2D eigenvalue weighted by molar-refractivity contribution is 6.09. The predicted molar refractivity (Wildman–Crippen MR) is 146 cm³/mol. The van der Waals surface area contributed by atoms with E-state index >= 15 is 0 Å². The third-order valence-corrected chi connectivity index (χ3v) is 7.54. The Morgan fingerprint density at radius 3 is 2.57 bits per heavy atom. The molecule has 8 nitrogen and oxygen atoms in total. The summed E-state index contributed by atoms with van der Waals surface area (Å²) in [6.45, 7) is 13.8. The number of likely N-dealkylation sites (N-methyl/N-ethyl adjacent to an activating group) is 1. The Morgan fingerprint density at radius 2 is 1.84 bits per heavy atom. The van der Waals surface area contributed by atoms with Crippen molar-refractivity contribution in [3.8, 4) is 5.69 Å². The first-order valence-electron chi connectivity index (χ1n) is 12.8. The topological polar surface area (TPSA) is 61.9 Å². The van der Waals surface area contributed by atoms with Crippen LogP contribution in [0.1, 0.15) is 28.5 Å². The van der Waals surface area contributed by atoms with Crippen molar-refractivity contribution in [1.82, 2.24) is 19.7 Å². The fraction of sp³-hybridized carbons (Fsp3) is 0.310. The summed E-state index contributed by atoms with van der Waals surface area (Å²) in [7, 11) is 2.15. The molecule has 1 saturated heterocycles. The summed E-state index contributed by atoms with van der Waals surface area (Å²) in [5.74, 6) is 0.974. The maximum Gasteiger partial charge on any atom is 0.261 e. The van der Waals surface area contributed by atoms with Gasteiger partial charge in [0.05, 0.1) is 29.7 Å². The number of aromatic nitrogens is 3. The molecule has 0 unspecified atom stereocenters. The number of rotatable bonds is 4. The number of fused-ring (bicyclic) bond motifs is 2. The summed E-state index contributed by atoms with van der Waals surface area (Å²) in [6.07, 6.45) is 5.07. The van der Waals surface area contributed by atoms with E-state index in [1.165, 1.54) is 10.9 Å². The Hall–Kier alpha value is -4.22. The lowest BCUT2D eigenvalue weighted by atomic mass is 10.0. The third-order valence-electron chi connectivity index (χ3n) is 7.54. The minimum Gasteiger partial charge on any atom is -0.354 e. The fourth-order valence-electron chi connectivity index (χ4n) is 5.46. The van der Waals surface area contributed by atoms with Gasteiger partial charge in [-0.3, -0.25) is 4.79 Å². The van der Waals surface area contributed by atoms with Crippen LogP contribution in [0.25, 0.3) is 21.3 Å². The molecular weight excluding hydrogens is 462 g/mol. The summed E-state index contributed by atoms with van der Waals surface area (Å²) in [5, 5.41) is 6.83. The van der Waals surface area contributed by atoms with Crippen molar-refractivity contribution >= 4 is 33.9 Å². The first kappa shape index (κ1) is 23.2. The second-order valence-electron chi connectivity index (χ2n) is 9.73. The highest BCUT2D eigenvalue weighted by atomic mass is 16.2. The van der Waals surface area contributed by atoms with E-state index in [-0.39, 0.29) is 5.91 Å². The van der Waals surface area contributed by atoms with Crippen molar-refractivity contribution in [1.29, 1.82) is 0 Å². The van der Waals surface area contributed by atoms with E-state index in [2.05, 4.69) is 45.0 Å². The van der Waals surface area contributed by atoms with Crippen molar-refractivity contribution in [2.75, 3.05) is 49.6 Å². The SMILES string of the molecule is [C-]#[N+]c1ccc(-n2ncc(C(=O)N3CCc4cc5ccnc(N6CCN(C)CC6)c5cc43)c2CC)cc1. The van der Waals surface area contributed by atoms with Crippen LogP contribution in [0.2, 0.25) is 0 Å². The number of hydrogen-bond donors (Lipinski definition) is 0. The van der Waals surface area contributed by atoms with Crippen LogP contribution < -0.4 is 9.80 Å². The van der Waals surface area contributed by atoms with Gasteiger partial charge in [0, 0.05) is 50.0 Å². The molecule has 0 N–H and O–H groups in total. The fourth-order valence-corrected chi connectivity index (χ4v) is 5.46. The zero-order valence-corrected chi connectivity index (χ0v) is 21.2. The molecule has 0 atom stereocenters. The van der Waals surface area contributed by atoms with Crippen molar-refractivity contribution < 1.29 is 4.79 Å². The Balaban J connectivity index is 1.36. The highest BCUT2D eigenvalue weighted by Crippen LogP contribution is 2.37.